The van der Waals surface area contributed by atoms with Gasteiger partial charge in [-0.05, 0) is 43.2 Å². The minimum Gasteiger partial charge on any atom is -0.497 e. The van der Waals surface area contributed by atoms with Crippen molar-refractivity contribution in [2.24, 2.45) is 0 Å². The van der Waals surface area contributed by atoms with Gasteiger partial charge in [-0.15, -0.1) is 11.3 Å². The van der Waals surface area contributed by atoms with E-state index in [2.05, 4.69) is 14.9 Å². The summed E-state index contributed by atoms with van der Waals surface area (Å²) in [7, 11) is 1.66. The van der Waals surface area contributed by atoms with Crippen molar-refractivity contribution in [3.63, 3.8) is 0 Å². The maximum atomic E-state index is 10.1. The first kappa shape index (κ1) is 17.2. The lowest BCUT2D eigenvalue weighted by Gasteiger charge is -2.37. The fourth-order valence-corrected chi connectivity index (χ4v) is 4.15. The molecule has 1 fully saturated rings. The summed E-state index contributed by atoms with van der Waals surface area (Å²) in [5.41, 5.74) is 0.991. The normalized spacial score (nSPS) is 16.8. The van der Waals surface area contributed by atoms with E-state index >= 15 is 0 Å². The third-order valence-corrected chi connectivity index (χ3v) is 5.97. The first-order valence-electron chi connectivity index (χ1n) is 8.59. The van der Waals surface area contributed by atoms with Crippen LogP contribution in [0.1, 0.15) is 12.8 Å². The number of rotatable bonds is 4. The number of pyridine rings is 1. The molecule has 1 saturated heterocycles. The van der Waals surface area contributed by atoms with Crippen LogP contribution in [0.3, 0.4) is 0 Å². The van der Waals surface area contributed by atoms with Crippen molar-refractivity contribution in [2.45, 2.75) is 18.4 Å². The number of aliphatic hydroxyl groups excluding tert-OH is 1. The van der Waals surface area contributed by atoms with Crippen LogP contribution >= 0.6 is 11.3 Å². The monoisotopic (exact) mass is 371 g/mol. The van der Waals surface area contributed by atoms with E-state index < -0.39 is 5.60 Å². The summed E-state index contributed by atoms with van der Waals surface area (Å²) < 4.78 is 6.36. The average molecular weight is 371 g/mol. The van der Waals surface area contributed by atoms with Crippen LogP contribution in [0.15, 0.2) is 36.5 Å². The van der Waals surface area contributed by atoms with E-state index in [1.54, 1.807) is 18.4 Å². The molecule has 0 amide bonds. The van der Waals surface area contributed by atoms with Gasteiger partial charge in [0.15, 0.2) is 0 Å². The van der Waals surface area contributed by atoms with E-state index in [9.17, 15) is 10.2 Å². The lowest BCUT2D eigenvalue weighted by Crippen LogP contribution is -2.46. The van der Waals surface area contributed by atoms with Gasteiger partial charge in [-0.1, -0.05) is 0 Å². The third-order valence-electron chi connectivity index (χ3n) is 4.90. The van der Waals surface area contributed by atoms with Crippen molar-refractivity contribution < 1.29 is 14.9 Å². The highest BCUT2D eigenvalue weighted by Crippen LogP contribution is 2.33. The number of methoxy groups -OCH3 is 1. The number of benzene rings is 1. The highest BCUT2D eigenvalue weighted by molar-refractivity contribution is 7.21. The summed E-state index contributed by atoms with van der Waals surface area (Å²) in [6.45, 7) is 1.18. The van der Waals surface area contributed by atoms with Crippen LogP contribution in [-0.2, 0) is 0 Å². The molecule has 0 unspecified atom stereocenters. The molecule has 4 rings (SSSR count). The lowest BCUT2D eigenvalue weighted by atomic mass is 9.92. The summed E-state index contributed by atoms with van der Waals surface area (Å²) >= 11 is 1.62. The van der Waals surface area contributed by atoms with Crippen LogP contribution < -0.4 is 9.64 Å². The zero-order valence-corrected chi connectivity index (χ0v) is 15.4. The number of piperidine rings is 1. The fraction of sp³-hybridized carbons (Fsp3) is 0.368. The Kier molecular flexibility index (Phi) is 4.52. The summed E-state index contributed by atoms with van der Waals surface area (Å²) in [6, 6.07) is 9.90. The Morgan fingerprint density at radius 1 is 1.23 bits per heavy atom. The Bertz CT molecular complexity index is 902. The quantitative estimate of drug-likeness (QED) is 0.734. The number of thiazole rings is 1. The Morgan fingerprint density at radius 3 is 2.69 bits per heavy atom. The van der Waals surface area contributed by atoms with E-state index in [1.165, 1.54) is 0 Å². The van der Waals surface area contributed by atoms with Crippen LogP contribution in [0.5, 0.6) is 5.75 Å². The lowest BCUT2D eigenvalue weighted by molar-refractivity contribution is -0.0326. The molecule has 0 aliphatic carbocycles. The SMILES string of the molecule is COc1ccc2nc(-c3ccc(N4CCC(O)(CO)CC4)nc3)sc2c1. The van der Waals surface area contributed by atoms with Gasteiger partial charge in [-0.2, -0.15) is 0 Å². The summed E-state index contributed by atoms with van der Waals surface area (Å²) in [5, 5.41) is 20.3. The van der Waals surface area contributed by atoms with Crippen LogP contribution in [0, 0.1) is 0 Å². The number of aliphatic hydroxyl groups is 2. The fourth-order valence-electron chi connectivity index (χ4n) is 3.17. The van der Waals surface area contributed by atoms with Crippen LogP contribution in [0.4, 0.5) is 5.82 Å². The highest BCUT2D eigenvalue weighted by Gasteiger charge is 2.31. The molecule has 0 spiro atoms. The van der Waals surface area contributed by atoms with Gasteiger partial charge in [0.25, 0.3) is 0 Å². The van der Waals surface area contributed by atoms with E-state index in [0.717, 1.165) is 32.4 Å². The van der Waals surface area contributed by atoms with Crippen LogP contribution in [0.2, 0.25) is 0 Å². The second kappa shape index (κ2) is 6.83. The van der Waals surface area contributed by atoms with E-state index in [-0.39, 0.29) is 6.61 Å². The van der Waals surface area contributed by atoms with Crippen LogP contribution in [-0.4, -0.2) is 52.6 Å². The first-order chi connectivity index (χ1) is 12.6. The van der Waals surface area contributed by atoms with E-state index in [0.29, 0.717) is 25.9 Å². The number of hydrogen-bond acceptors (Lipinski definition) is 7. The minimum absolute atomic E-state index is 0.185. The molecule has 1 aliphatic heterocycles. The van der Waals surface area contributed by atoms with Crippen molar-refractivity contribution in [1.29, 1.82) is 0 Å². The molecule has 6 nitrogen and oxygen atoms in total. The van der Waals surface area contributed by atoms with Gasteiger partial charge in [0, 0.05) is 24.8 Å². The average Bonchev–Trinajstić information content (AvgIpc) is 3.12. The number of aromatic nitrogens is 2. The predicted octanol–water partition coefficient (Wildman–Crippen LogP) is 2.69. The largest absolute Gasteiger partial charge is 0.497 e. The van der Waals surface area contributed by atoms with Gasteiger partial charge in [-0.3, -0.25) is 0 Å². The standard InChI is InChI=1S/C19H21N3O3S/c1-25-14-3-4-15-16(10-14)26-18(21-15)13-2-5-17(20-11-13)22-8-6-19(24,12-23)7-9-22/h2-5,10-11,23-24H,6-9,12H2,1H3. The Morgan fingerprint density at radius 2 is 2.04 bits per heavy atom. The van der Waals surface area contributed by atoms with Crippen molar-refractivity contribution in [3.05, 3.63) is 36.5 Å². The Hall–Kier alpha value is -2.22. The predicted molar refractivity (Wildman–Crippen MR) is 103 cm³/mol. The minimum atomic E-state index is -0.946. The van der Waals surface area contributed by atoms with E-state index in [4.69, 9.17) is 4.74 Å². The van der Waals surface area contributed by atoms with Gasteiger partial charge in [0.05, 0.1) is 29.5 Å². The molecule has 2 N–H and O–H groups in total. The van der Waals surface area contributed by atoms with Crippen molar-refractivity contribution >= 4 is 27.4 Å². The molecule has 3 heterocycles. The molecule has 0 bridgehead atoms. The third kappa shape index (κ3) is 3.25. The Labute approximate surface area is 155 Å². The number of hydrogen-bond donors (Lipinski definition) is 2. The number of nitrogens with zero attached hydrogens (tertiary/aromatic N) is 3. The molecule has 7 heteroatoms. The van der Waals surface area contributed by atoms with Gasteiger partial charge in [0.1, 0.15) is 16.6 Å². The molecule has 0 radical (unpaired) electrons. The summed E-state index contributed by atoms with van der Waals surface area (Å²) in [6.07, 6.45) is 2.94. The van der Waals surface area contributed by atoms with Crippen molar-refractivity contribution in [2.75, 3.05) is 31.7 Å². The topological polar surface area (TPSA) is 78.7 Å². The zero-order chi connectivity index (χ0) is 18.1. The van der Waals surface area contributed by atoms with Crippen molar-refractivity contribution in [1.82, 2.24) is 9.97 Å². The van der Waals surface area contributed by atoms with Gasteiger partial charge in [-0.25, -0.2) is 9.97 Å². The van der Waals surface area contributed by atoms with Gasteiger partial charge in [0.2, 0.25) is 0 Å². The summed E-state index contributed by atoms with van der Waals surface area (Å²) in [5.74, 6) is 1.71. The summed E-state index contributed by atoms with van der Waals surface area (Å²) in [4.78, 5) is 11.4. The second-order valence-electron chi connectivity index (χ2n) is 6.63. The molecular formula is C19H21N3O3S. The molecule has 26 heavy (non-hydrogen) atoms. The zero-order valence-electron chi connectivity index (χ0n) is 14.6. The maximum Gasteiger partial charge on any atom is 0.128 e. The molecular weight excluding hydrogens is 350 g/mol. The second-order valence-corrected chi connectivity index (χ2v) is 7.66. The molecule has 136 valence electrons. The smallest absolute Gasteiger partial charge is 0.128 e. The number of anilines is 1. The Balaban J connectivity index is 1.53. The number of fused-ring (bicyclic) bond motifs is 1. The molecule has 2 aromatic heterocycles. The van der Waals surface area contributed by atoms with Crippen LogP contribution in [0.25, 0.3) is 20.8 Å². The van der Waals surface area contributed by atoms with Crippen molar-refractivity contribution in [3.8, 4) is 16.3 Å². The molecule has 0 atom stereocenters. The van der Waals surface area contributed by atoms with Gasteiger partial charge >= 0.3 is 0 Å². The molecule has 3 aromatic rings. The van der Waals surface area contributed by atoms with Gasteiger partial charge < -0.3 is 19.8 Å². The molecule has 0 saturated carbocycles. The number of ether oxygens (including phenoxy) is 1. The molecule has 1 aliphatic rings. The van der Waals surface area contributed by atoms with E-state index in [1.807, 2.05) is 36.5 Å². The first-order valence-corrected chi connectivity index (χ1v) is 9.41. The maximum absolute atomic E-state index is 10.1. The highest BCUT2D eigenvalue weighted by atomic mass is 32.1. The molecule has 1 aromatic carbocycles.